The number of esters is 1. The molecule has 1 rings (SSSR count). The second kappa shape index (κ2) is 13.1. The van der Waals surface area contributed by atoms with Crippen LogP contribution in [-0.2, 0) is 4.74 Å². The number of hydrogen-bond acceptors (Lipinski definition) is 3. The summed E-state index contributed by atoms with van der Waals surface area (Å²) in [4.78, 5) is 11.2. The fourth-order valence-corrected chi connectivity index (χ4v) is 2.20. The molecule has 0 saturated carbocycles. The number of phenolic OH excluding ortho intramolecular Hbond substituents is 1. The third-order valence-corrected chi connectivity index (χ3v) is 3.62. The number of benzene rings is 1. The average molecular weight is 290 g/mol. The van der Waals surface area contributed by atoms with Crippen molar-refractivity contribution in [1.29, 1.82) is 0 Å². The van der Waals surface area contributed by atoms with Crippen molar-refractivity contribution in [2.75, 3.05) is 6.61 Å². The van der Waals surface area contributed by atoms with Gasteiger partial charge in [0, 0.05) is 0 Å². The van der Waals surface area contributed by atoms with Gasteiger partial charge in [0.25, 0.3) is 0 Å². The van der Waals surface area contributed by atoms with Crippen LogP contribution in [0.2, 0.25) is 0.515 Å². The fraction of sp³-hybridized carbons (Fsp3) is 0.533. The Bertz CT molecular complexity index is 349. The van der Waals surface area contributed by atoms with E-state index in [0.29, 0.717) is 6.61 Å². The Balaban J connectivity index is 0.000000459. The van der Waals surface area contributed by atoms with Crippen molar-refractivity contribution in [3.8, 4) is 5.75 Å². The molecule has 0 spiro atoms. The standard InChI is InChI=1S/C10H12O3.C5H11.K/c1-2-7-13-10(12)8-5-3-4-6-9(8)11;1-3-5-4-2;/h3-6,11H,2,7H2,1H3;1,3-5H2,2H3;. The van der Waals surface area contributed by atoms with Crippen LogP contribution in [0.5, 0.6) is 5.75 Å². The van der Waals surface area contributed by atoms with Gasteiger partial charge >= 0.3 is 81.6 Å². The van der Waals surface area contributed by atoms with E-state index in [1.807, 2.05) is 6.92 Å². The Morgan fingerprint density at radius 2 is 1.89 bits per heavy atom. The number of carbonyl (C=O) groups is 1. The SMILES string of the molecule is CCCC[CH2][K].CCCOC(=O)c1ccccc1O. The van der Waals surface area contributed by atoms with Crippen LogP contribution in [-0.4, -0.2) is 66.6 Å². The van der Waals surface area contributed by atoms with E-state index in [9.17, 15) is 9.90 Å². The summed E-state index contributed by atoms with van der Waals surface area (Å²) in [7, 11) is 0. The molecule has 0 aliphatic rings. The molecule has 1 aromatic rings. The molecule has 0 aliphatic carbocycles. The van der Waals surface area contributed by atoms with Crippen molar-refractivity contribution in [2.24, 2.45) is 0 Å². The molecule has 0 atom stereocenters. The van der Waals surface area contributed by atoms with Gasteiger partial charge < -0.3 is 9.84 Å². The van der Waals surface area contributed by atoms with Crippen LogP contribution in [0.25, 0.3) is 0 Å². The van der Waals surface area contributed by atoms with Gasteiger partial charge in [0.15, 0.2) is 0 Å². The van der Waals surface area contributed by atoms with Gasteiger partial charge in [0.1, 0.15) is 11.3 Å². The van der Waals surface area contributed by atoms with Crippen LogP contribution in [0.4, 0.5) is 0 Å². The summed E-state index contributed by atoms with van der Waals surface area (Å²) in [5, 5.41) is 9.28. The van der Waals surface area contributed by atoms with Gasteiger partial charge in [-0.3, -0.25) is 0 Å². The first kappa shape index (κ1) is 19.1. The number of carbonyl (C=O) groups excluding carboxylic acids is 1. The van der Waals surface area contributed by atoms with Crippen LogP contribution in [0.3, 0.4) is 0 Å². The molecule has 0 unspecified atom stereocenters. The third-order valence-electron chi connectivity index (χ3n) is 2.52. The summed E-state index contributed by atoms with van der Waals surface area (Å²) in [6.07, 6.45) is 5.12. The summed E-state index contributed by atoms with van der Waals surface area (Å²) < 4.78 is 6.40. The van der Waals surface area contributed by atoms with Crippen molar-refractivity contribution in [2.45, 2.75) is 40.0 Å². The maximum Gasteiger partial charge on any atom is 0.341 e. The normalized spacial score (nSPS) is 9.47. The minimum absolute atomic E-state index is 0.0383. The van der Waals surface area contributed by atoms with E-state index in [1.54, 1.807) is 12.6 Å². The molecular weight excluding hydrogens is 267 g/mol. The largest absolute Gasteiger partial charge is 0.507 e. The topological polar surface area (TPSA) is 46.5 Å². The first-order valence-electron chi connectivity index (χ1n) is 7.12. The number of phenols is 1. The van der Waals surface area contributed by atoms with Gasteiger partial charge in [-0.1, -0.05) is 19.1 Å². The Morgan fingerprint density at radius 1 is 1.21 bits per heavy atom. The number of hydrogen-bond donors (Lipinski definition) is 1. The van der Waals surface area contributed by atoms with E-state index in [-0.39, 0.29) is 11.3 Å². The fourth-order valence-electron chi connectivity index (χ4n) is 1.42. The number of ether oxygens (including phenoxy) is 1. The Hall–Kier alpha value is 0.126. The molecule has 0 aromatic heterocycles. The quantitative estimate of drug-likeness (QED) is 0.493. The number of aromatic hydroxyl groups is 1. The van der Waals surface area contributed by atoms with Crippen molar-refractivity contribution in [3.63, 3.8) is 0 Å². The average Bonchev–Trinajstić information content (AvgIpc) is 2.43. The first-order chi connectivity index (χ1) is 9.17. The van der Waals surface area contributed by atoms with Crippen molar-refractivity contribution >= 4 is 54.9 Å². The van der Waals surface area contributed by atoms with E-state index >= 15 is 0 Å². The summed E-state index contributed by atoms with van der Waals surface area (Å²) in [6, 6.07) is 6.34. The smallest absolute Gasteiger partial charge is 0.341 e. The van der Waals surface area contributed by atoms with Crippen LogP contribution in [0, 0.1) is 0 Å². The molecule has 3 nitrogen and oxygen atoms in total. The van der Waals surface area contributed by atoms with E-state index < -0.39 is 5.97 Å². The zero-order valence-electron chi connectivity index (χ0n) is 12.3. The van der Waals surface area contributed by atoms with Crippen LogP contribution >= 0.6 is 0 Å². The van der Waals surface area contributed by atoms with Gasteiger partial charge in [-0.25, -0.2) is 4.79 Å². The second-order valence-corrected chi connectivity index (χ2v) is 5.92. The summed E-state index contributed by atoms with van der Waals surface area (Å²) in [6.45, 7) is 4.55. The minimum atomic E-state index is -0.472. The van der Waals surface area contributed by atoms with Crippen LogP contribution < -0.4 is 0 Å². The van der Waals surface area contributed by atoms with Crippen molar-refractivity contribution in [1.82, 2.24) is 0 Å². The van der Waals surface area contributed by atoms with E-state index in [1.165, 1.54) is 31.4 Å². The molecule has 0 amide bonds. The summed E-state index contributed by atoms with van der Waals surface area (Å²) in [5.74, 6) is -0.511. The molecule has 0 heterocycles. The third kappa shape index (κ3) is 9.63. The van der Waals surface area contributed by atoms with E-state index in [0.717, 1.165) is 55.4 Å². The second-order valence-electron chi connectivity index (χ2n) is 4.36. The Morgan fingerprint density at radius 3 is 2.37 bits per heavy atom. The maximum atomic E-state index is 11.2. The van der Waals surface area contributed by atoms with Crippen LogP contribution in [0.15, 0.2) is 24.3 Å². The molecule has 19 heavy (non-hydrogen) atoms. The van der Waals surface area contributed by atoms with E-state index in [4.69, 9.17) is 4.74 Å². The van der Waals surface area contributed by atoms with Gasteiger partial charge in [-0.15, -0.1) is 0 Å². The molecule has 4 heteroatoms. The number of rotatable bonds is 6. The van der Waals surface area contributed by atoms with E-state index in [2.05, 4.69) is 6.92 Å². The molecule has 1 aromatic carbocycles. The predicted octanol–water partition coefficient (Wildman–Crippen LogP) is 3.72. The molecule has 1 N–H and O–H groups in total. The van der Waals surface area contributed by atoms with Crippen molar-refractivity contribution in [3.05, 3.63) is 29.8 Å². The van der Waals surface area contributed by atoms with Gasteiger partial charge in [-0.2, -0.15) is 0 Å². The Kier molecular flexibility index (Phi) is 13.2. The predicted molar refractivity (Wildman–Crippen MR) is 78.8 cm³/mol. The molecule has 102 valence electrons. The Labute approximate surface area is 150 Å². The molecule has 0 radical (unpaired) electrons. The van der Waals surface area contributed by atoms with Crippen molar-refractivity contribution < 1.29 is 14.6 Å². The number of unbranched alkanes of at least 4 members (excludes halogenated alkanes) is 2. The van der Waals surface area contributed by atoms with Gasteiger partial charge in [-0.05, 0) is 18.6 Å². The minimum Gasteiger partial charge on any atom is -0.507 e. The molecule has 0 bridgehead atoms. The van der Waals surface area contributed by atoms with Gasteiger partial charge in [0.05, 0.1) is 6.61 Å². The zero-order valence-corrected chi connectivity index (χ0v) is 15.4. The summed E-state index contributed by atoms with van der Waals surface area (Å²) in [5.41, 5.74) is 0.218. The maximum absolute atomic E-state index is 11.2. The number of para-hydroxylation sites is 1. The molecular formula is C15H23KO3. The molecule has 0 fully saturated rings. The monoisotopic (exact) mass is 290 g/mol. The van der Waals surface area contributed by atoms with Crippen LogP contribution in [0.1, 0.15) is 49.9 Å². The first-order valence-corrected chi connectivity index (χ1v) is 9.33. The summed E-state index contributed by atoms with van der Waals surface area (Å²) >= 11 is 1.11. The molecule has 0 aliphatic heterocycles. The van der Waals surface area contributed by atoms with Gasteiger partial charge in [0.2, 0.25) is 0 Å². The zero-order chi connectivity index (χ0) is 14.5. The molecule has 0 saturated heterocycles.